The molecule has 1 aromatic heterocycles. The third-order valence-electron chi connectivity index (χ3n) is 3.32. The fourth-order valence-electron chi connectivity index (χ4n) is 2.23. The summed E-state index contributed by atoms with van der Waals surface area (Å²) in [7, 11) is 0. The predicted molar refractivity (Wildman–Crippen MR) is 70.9 cm³/mol. The predicted octanol–water partition coefficient (Wildman–Crippen LogP) is 3.82. The molecule has 16 heavy (non-hydrogen) atoms. The van der Waals surface area contributed by atoms with Crippen molar-refractivity contribution >= 4 is 33.2 Å². The van der Waals surface area contributed by atoms with Crippen LogP contribution in [0.1, 0.15) is 43.0 Å². The summed E-state index contributed by atoms with van der Waals surface area (Å²) in [6.45, 7) is 3.07. The first-order chi connectivity index (χ1) is 7.59. The van der Waals surface area contributed by atoms with E-state index in [-0.39, 0.29) is 5.91 Å². The van der Waals surface area contributed by atoms with Crippen molar-refractivity contribution in [3.63, 3.8) is 0 Å². The Bertz CT molecular complexity index is 382. The van der Waals surface area contributed by atoms with Crippen LogP contribution in [0.5, 0.6) is 0 Å². The largest absolute Gasteiger partial charge is 0.351 e. The molecule has 0 aliphatic heterocycles. The SMILES string of the molecule is CC1(CNC(=O)c2csc(Br)c2)CCCC1. The van der Waals surface area contributed by atoms with Crippen LogP contribution in [0.15, 0.2) is 15.2 Å². The molecule has 0 aromatic carbocycles. The summed E-state index contributed by atoms with van der Waals surface area (Å²) in [4.78, 5) is 11.8. The Morgan fingerprint density at radius 3 is 2.81 bits per heavy atom. The van der Waals surface area contributed by atoms with E-state index in [0.29, 0.717) is 5.41 Å². The van der Waals surface area contributed by atoms with E-state index in [0.717, 1.165) is 15.9 Å². The van der Waals surface area contributed by atoms with Gasteiger partial charge in [0.1, 0.15) is 0 Å². The Kier molecular flexibility index (Phi) is 3.70. The van der Waals surface area contributed by atoms with Gasteiger partial charge in [0.2, 0.25) is 0 Å². The van der Waals surface area contributed by atoms with Crippen LogP contribution in [0, 0.1) is 5.41 Å². The molecule has 0 atom stereocenters. The van der Waals surface area contributed by atoms with Gasteiger partial charge in [-0.3, -0.25) is 4.79 Å². The Morgan fingerprint density at radius 2 is 2.25 bits per heavy atom. The van der Waals surface area contributed by atoms with Crippen LogP contribution >= 0.6 is 27.3 Å². The van der Waals surface area contributed by atoms with Crippen LogP contribution in [-0.4, -0.2) is 12.5 Å². The summed E-state index contributed by atoms with van der Waals surface area (Å²) in [5, 5.41) is 4.93. The highest BCUT2D eigenvalue weighted by Crippen LogP contribution is 2.36. The number of carbonyl (C=O) groups is 1. The van der Waals surface area contributed by atoms with E-state index in [9.17, 15) is 4.79 Å². The first kappa shape index (κ1) is 12.1. The second kappa shape index (κ2) is 4.88. The van der Waals surface area contributed by atoms with E-state index < -0.39 is 0 Å². The van der Waals surface area contributed by atoms with E-state index in [2.05, 4.69) is 28.2 Å². The molecule has 4 heteroatoms. The maximum Gasteiger partial charge on any atom is 0.252 e. The van der Waals surface area contributed by atoms with Gasteiger partial charge in [0, 0.05) is 11.9 Å². The zero-order chi connectivity index (χ0) is 11.6. The maximum absolute atomic E-state index is 11.8. The van der Waals surface area contributed by atoms with Gasteiger partial charge in [-0.25, -0.2) is 0 Å². The topological polar surface area (TPSA) is 29.1 Å². The minimum Gasteiger partial charge on any atom is -0.351 e. The first-order valence-electron chi connectivity index (χ1n) is 5.61. The summed E-state index contributed by atoms with van der Waals surface area (Å²) >= 11 is 4.91. The van der Waals surface area contributed by atoms with Crippen LogP contribution in [0.25, 0.3) is 0 Å². The van der Waals surface area contributed by atoms with Crippen LogP contribution in [-0.2, 0) is 0 Å². The molecule has 1 aliphatic rings. The van der Waals surface area contributed by atoms with Gasteiger partial charge in [-0.2, -0.15) is 0 Å². The molecule has 1 heterocycles. The fourth-order valence-corrected chi connectivity index (χ4v) is 3.37. The van der Waals surface area contributed by atoms with Crippen LogP contribution in [0.2, 0.25) is 0 Å². The fraction of sp³-hybridized carbons (Fsp3) is 0.583. The van der Waals surface area contributed by atoms with Crippen molar-refractivity contribution in [1.29, 1.82) is 0 Å². The monoisotopic (exact) mass is 301 g/mol. The standard InChI is InChI=1S/C12H16BrNOS/c1-12(4-2-3-5-12)8-14-11(15)9-6-10(13)16-7-9/h6-7H,2-5,8H2,1H3,(H,14,15). The lowest BCUT2D eigenvalue weighted by Gasteiger charge is -2.23. The lowest BCUT2D eigenvalue weighted by molar-refractivity contribution is 0.0934. The van der Waals surface area contributed by atoms with Crippen molar-refractivity contribution in [1.82, 2.24) is 5.32 Å². The number of thiophene rings is 1. The molecule has 0 saturated heterocycles. The molecule has 1 N–H and O–H groups in total. The van der Waals surface area contributed by atoms with Gasteiger partial charge in [-0.15, -0.1) is 11.3 Å². The number of halogens is 1. The minimum absolute atomic E-state index is 0.0510. The first-order valence-corrected chi connectivity index (χ1v) is 7.29. The van der Waals surface area contributed by atoms with Gasteiger partial charge in [-0.05, 0) is 40.3 Å². The van der Waals surface area contributed by atoms with Gasteiger partial charge >= 0.3 is 0 Å². The molecular weight excluding hydrogens is 286 g/mol. The number of nitrogens with one attached hydrogen (secondary N) is 1. The average Bonchev–Trinajstić information content (AvgIpc) is 2.85. The minimum atomic E-state index is 0.0510. The van der Waals surface area contributed by atoms with Crippen molar-refractivity contribution < 1.29 is 4.79 Å². The third kappa shape index (κ3) is 2.86. The molecule has 0 radical (unpaired) electrons. The van der Waals surface area contributed by atoms with Crippen molar-refractivity contribution in [3.8, 4) is 0 Å². The second-order valence-corrected chi connectivity index (χ2v) is 7.13. The van der Waals surface area contributed by atoms with E-state index in [1.54, 1.807) is 11.3 Å². The Morgan fingerprint density at radius 1 is 1.56 bits per heavy atom. The Labute approximate surface area is 109 Å². The van der Waals surface area contributed by atoms with E-state index in [1.807, 2.05) is 11.4 Å². The molecule has 1 aromatic rings. The van der Waals surface area contributed by atoms with Gasteiger partial charge in [0.15, 0.2) is 0 Å². The van der Waals surface area contributed by atoms with Crippen LogP contribution in [0.4, 0.5) is 0 Å². The highest BCUT2D eigenvalue weighted by atomic mass is 79.9. The highest BCUT2D eigenvalue weighted by Gasteiger charge is 2.28. The van der Waals surface area contributed by atoms with Crippen molar-refractivity contribution in [3.05, 3.63) is 20.8 Å². The zero-order valence-electron chi connectivity index (χ0n) is 9.38. The lowest BCUT2D eigenvalue weighted by Crippen LogP contribution is -2.33. The average molecular weight is 302 g/mol. The summed E-state index contributed by atoms with van der Waals surface area (Å²) in [5.41, 5.74) is 1.08. The summed E-state index contributed by atoms with van der Waals surface area (Å²) in [6.07, 6.45) is 5.08. The van der Waals surface area contributed by atoms with Gasteiger partial charge < -0.3 is 5.32 Å². The number of hydrogen-bond acceptors (Lipinski definition) is 2. The highest BCUT2D eigenvalue weighted by molar-refractivity contribution is 9.11. The quantitative estimate of drug-likeness (QED) is 0.903. The van der Waals surface area contributed by atoms with Crippen molar-refractivity contribution in [2.75, 3.05) is 6.54 Å². The van der Waals surface area contributed by atoms with Gasteiger partial charge in [-0.1, -0.05) is 19.8 Å². The Balaban J connectivity index is 1.88. The third-order valence-corrected chi connectivity index (χ3v) is 4.82. The molecule has 1 aliphatic carbocycles. The van der Waals surface area contributed by atoms with E-state index >= 15 is 0 Å². The molecule has 88 valence electrons. The van der Waals surface area contributed by atoms with Crippen molar-refractivity contribution in [2.45, 2.75) is 32.6 Å². The number of amides is 1. The maximum atomic E-state index is 11.8. The lowest BCUT2D eigenvalue weighted by atomic mass is 9.89. The normalized spacial score (nSPS) is 18.6. The van der Waals surface area contributed by atoms with Crippen molar-refractivity contribution in [2.24, 2.45) is 5.41 Å². The zero-order valence-corrected chi connectivity index (χ0v) is 11.8. The molecular formula is C12H16BrNOS. The second-order valence-electron chi connectivity index (χ2n) is 4.84. The molecule has 1 fully saturated rings. The smallest absolute Gasteiger partial charge is 0.252 e. The molecule has 0 spiro atoms. The van der Waals surface area contributed by atoms with E-state index in [4.69, 9.17) is 0 Å². The van der Waals surface area contributed by atoms with Crippen LogP contribution in [0.3, 0.4) is 0 Å². The molecule has 1 saturated carbocycles. The molecule has 0 bridgehead atoms. The van der Waals surface area contributed by atoms with E-state index in [1.165, 1.54) is 25.7 Å². The summed E-state index contributed by atoms with van der Waals surface area (Å²) in [6, 6.07) is 1.87. The molecule has 2 rings (SSSR count). The molecule has 0 unspecified atom stereocenters. The number of hydrogen-bond donors (Lipinski definition) is 1. The van der Waals surface area contributed by atoms with Gasteiger partial charge in [0.05, 0.1) is 9.35 Å². The number of carbonyl (C=O) groups excluding carboxylic acids is 1. The molecule has 1 amide bonds. The summed E-state index contributed by atoms with van der Waals surface area (Å²) in [5.74, 6) is 0.0510. The Hall–Kier alpha value is -0.350. The number of rotatable bonds is 3. The molecule has 2 nitrogen and oxygen atoms in total. The van der Waals surface area contributed by atoms with Crippen LogP contribution < -0.4 is 5.32 Å². The summed E-state index contributed by atoms with van der Waals surface area (Å²) < 4.78 is 1.00. The van der Waals surface area contributed by atoms with Gasteiger partial charge in [0.25, 0.3) is 5.91 Å².